The molecule has 0 aliphatic heterocycles. The van der Waals surface area contributed by atoms with E-state index in [9.17, 15) is 0 Å². The zero-order chi connectivity index (χ0) is 10.8. The van der Waals surface area contributed by atoms with E-state index < -0.39 is 0 Å². The van der Waals surface area contributed by atoms with E-state index in [2.05, 4.69) is 35.6 Å². The number of hydrogen-bond acceptors (Lipinski definition) is 1. The van der Waals surface area contributed by atoms with Gasteiger partial charge in [-0.25, -0.2) is 0 Å². The summed E-state index contributed by atoms with van der Waals surface area (Å²) < 4.78 is 0. The lowest BCUT2D eigenvalue weighted by Crippen LogP contribution is -2.35. The van der Waals surface area contributed by atoms with Gasteiger partial charge in [0.05, 0.1) is 0 Å². The summed E-state index contributed by atoms with van der Waals surface area (Å²) in [7, 11) is 0. The highest BCUT2D eigenvalue weighted by Gasteiger charge is 2.38. The number of rotatable bonds is 4. The summed E-state index contributed by atoms with van der Waals surface area (Å²) in [5, 5.41) is 3.76. The minimum Gasteiger partial charge on any atom is -0.313 e. The Bertz CT molecular complexity index is 338. The van der Waals surface area contributed by atoms with Crippen molar-refractivity contribution in [1.29, 1.82) is 0 Å². The van der Waals surface area contributed by atoms with Crippen molar-refractivity contribution in [3.8, 4) is 0 Å². The molecular weight excluding hydrogens is 238 g/mol. The van der Waals surface area contributed by atoms with Gasteiger partial charge in [0, 0.05) is 6.04 Å². The highest BCUT2D eigenvalue weighted by Crippen LogP contribution is 2.44. The summed E-state index contributed by atoms with van der Waals surface area (Å²) in [4.78, 5) is 0. The van der Waals surface area contributed by atoms with Crippen LogP contribution < -0.4 is 5.32 Å². The molecule has 3 rings (SSSR count). The number of hydrogen-bond donors (Lipinski definition) is 1. The molecule has 102 valence electrons. The third kappa shape index (κ3) is 3.52. The highest BCUT2D eigenvalue weighted by atomic mass is 32.1. The monoisotopic (exact) mass is 265 g/mol. The average molecular weight is 265 g/mol. The lowest BCUT2D eigenvalue weighted by atomic mass is 9.95. The molecule has 0 spiro atoms. The Morgan fingerprint density at radius 2 is 1.83 bits per heavy atom. The quantitative estimate of drug-likeness (QED) is 0.874. The fourth-order valence-corrected chi connectivity index (χ4v) is 3.54. The van der Waals surface area contributed by atoms with Gasteiger partial charge in [0.15, 0.2) is 0 Å². The minimum atomic E-state index is 0. The molecule has 2 aliphatic carbocycles. The van der Waals surface area contributed by atoms with Crippen molar-refractivity contribution >= 4 is 13.5 Å². The van der Waals surface area contributed by atoms with E-state index >= 15 is 0 Å². The van der Waals surface area contributed by atoms with Gasteiger partial charge in [-0.3, -0.25) is 0 Å². The molecule has 2 bridgehead atoms. The lowest BCUT2D eigenvalue weighted by molar-refractivity contribution is 0.354. The molecule has 0 saturated heterocycles. The van der Waals surface area contributed by atoms with E-state index in [1.165, 1.54) is 37.7 Å². The molecule has 1 aromatic rings. The Kier molecular flexibility index (Phi) is 6.24. The largest absolute Gasteiger partial charge is 0.313 e. The van der Waals surface area contributed by atoms with Crippen molar-refractivity contribution in [3.63, 3.8) is 0 Å². The van der Waals surface area contributed by atoms with Gasteiger partial charge < -0.3 is 5.32 Å². The predicted octanol–water partition coefficient (Wildman–Crippen LogP) is 3.76. The summed E-state index contributed by atoms with van der Waals surface area (Å²) in [5.74, 6) is 2.06. The Labute approximate surface area is 119 Å². The molecule has 2 fully saturated rings. The number of nitrogens with one attached hydrogen (secondary N) is 1. The molecule has 0 heterocycles. The molecule has 1 N–H and O–H groups in total. The van der Waals surface area contributed by atoms with Crippen molar-refractivity contribution in [2.24, 2.45) is 11.8 Å². The first kappa shape index (κ1) is 15.6. The molecule has 1 unspecified atom stereocenters. The Hall–Kier alpha value is -0.470. The fourth-order valence-electron chi connectivity index (χ4n) is 3.54. The van der Waals surface area contributed by atoms with Gasteiger partial charge in [-0.1, -0.05) is 44.2 Å². The molecule has 1 aromatic carbocycles. The van der Waals surface area contributed by atoms with Gasteiger partial charge in [0.25, 0.3) is 0 Å². The fraction of sp³-hybridized carbons (Fsp3) is 0.625. The maximum absolute atomic E-state index is 3.76. The van der Waals surface area contributed by atoms with E-state index in [1.807, 2.05) is 0 Å². The van der Waals surface area contributed by atoms with Crippen molar-refractivity contribution < 1.29 is 0 Å². The average Bonchev–Trinajstić information content (AvgIpc) is 2.92. The molecule has 3 atom stereocenters. The second-order valence-corrected chi connectivity index (χ2v) is 5.47. The molecule has 2 aliphatic rings. The van der Waals surface area contributed by atoms with Crippen molar-refractivity contribution in [2.45, 2.75) is 45.6 Å². The Morgan fingerprint density at radius 3 is 2.44 bits per heavy atom. The Balaban J connectivity index is 0.000000810. The molecule has 0 amide bonds. The van der Waals surface area contributed by atoms with Crippen molar-refractivity contribution in [3.05, 3.63) is 35.9 Å². The summed E-state index contributed by atoms with van der Waals surface area (Å²) in [6, 6.07) is 11.6. The zero-order valence-corrected chi connectivity index (χ0v) is 11.4. The summed E-state index contributed by atoms with van der Waals surface area (Å²) in [5.41, 5.74) is 1.46. The minimum absolute atomic E-state index is 0. The Morgan fingerprint density at radius 1 is 1.06 bits per heavy atom. The molecule has 18 heavy (non-hydrogen) atoms. The summed E-state index contributed by atoms with van der Waals surface area (Å²) in [6.45, 7) is 1.15. The SMILES string of the molecule is C.S.c1ccc(CCNC2C[C@@H]3CC[C@H]2C3)cc1. The van der Waals surface area contributed by atoms with Gasteiger partial charge in [-0.05, 0) is 49.6 Å². The van der Waals surface area contributed by atoms with E-state index in [0.717, 1.165) is 24.4 Å². The molecular formula is C16H27NS. The highest BCUT2D eigenvalue weighted by molar-refractivity contribution is 7.59. The van der Waals surface area contributed by atoms with Crippen LogP contribution in [0.1, 0.15) is 38.7 Å². The zero-order valence-electron chi connectivity index (χ0n) is 10.4. The van der Waals surface area contributed by atoms with Crippen LogP contribution >= 0.6 is 13.5 Å². The second kappa shape index (κ2) is 7.20. The maximum atomic E-state index is 3.76. The second-order valence-electron chi connectivity index (χ2n) is 5.47. The van der Waals surface area contributed by atoms with Gasteiger partial charge in [0.2, 0.25) is 0 Å². The first-order chi connectivity index (χ1) is 7.92. The summed E-state index contributed by atoms with van der Waals surface area (Å²) >= 11 is 0. The normalized spacial score (nSPS) is 28.6. The van der Waals surface area contributed by atoms with Crippen LogP contribution in [0.25, 0.3) is 0 Å². The van der Waals surface area contributed by atoms with Crippen molar-refractivity contribution in [1.82, 2.24) is 5.32 Å². The van der Waals surface area contributed by atoms with E-state index in [4.69, 9.17) is 0 Å². The van der Waals surface area contributed by atoms with Crippen LogP contribution in [0.2, 0.25) is 0 Å². The molecule has 2 heteroatoms. The van der Waals surface area contributed by atoms with Crippen LogP contribution in [-0.2, 0) is 6.42 Å². The molecule has 0 radical (unpaired) electrons. The molecule has 1 nitrogen and oxygen atoms in total. The molecule has 0 aromatic heterocycles. The van der Waals surface area contributed by atoms with Crippen LogP contribution in [0.4, 0.5) is 0 Å². The third-order valence-corrected chi connectivity index (χ3v) is 4.40. The third-order valence-electron chi connectivity index (χ3n) is 4.40. The van der Waals surface area contributed by atoms with Gasteiger partial charge in [-0.2, -0.15) is 13.5 Å². The van der Waals surface area contributed by atoms with E-state index in [0.29, 0.717) is 0 Å². The number of fused-ring (bicyclic) bond motifs is 2. The van der Waals surface area contributed by atoms with Gasteiger partial charge in [0.1, 0.15) is 0 Å². The van der Waals surface area contributed by atoms with Gasteiger partial charge >= 0.3 is 0 Å². The molecule has 2 saturated carbocycles. The first-order valence-corrected chi connectivity index (χ1v) is 6.69. The predicted molar refractivity (Wildman–Crippen MR) is 84.5 cm³/mol. The van der Waals surface area contributed by atoms with Gasteiger partial charge in [-0.15, -0.1) is 0 Å². The van der Waals surface area contributed by atoms with Crippen LogP contribution in [0.5, 0.6) is 0 Å². The van der Waals surface area contributed by atoms with E-state index in [1.54, 1.807) is 0 Å². The summed E-state index contributed by atoms with van der Waals surface area (Å²) in [6.07, 6.45) is 7.10. The lowest BCUT2D eigenvalue weighted by Gasteiger charge is -2.22. The standard InChI is InChI=1S/C15H21N.CH4.H2S/c1-2-4-12(5-3-1)8-9-16-15-11-13-6-7-14(15)10-13;;/h1-5,13-16H,6-11H2;1H4;1H2/t13-,14+,15?;;/m1../s1. The van der Waals surface area contributed by atoms with Crippen molar-refractivity contribution in [2.75, 3.05) is 6.54 Å². The maximum Gasteiger partial charge on any atom is 0.00981 e. The number of benzene rings is 1. The smallest absolute Gasteiger partial charge is 0.00981 e. The van der Waals surface area contributed by atoms with Crippen LogP contribution in [-0.4, -0.2) is 12.6 Å². The van der Waals surface area contributed by atoms with Crippen LogP contribution in [0, 0.1) is 11.8 Å². The topological polar surface area (TPSA) is 12.0 Å². The van der Waals surface area contributed by atoms with Crippen LogP contribution in [0.3, 0.4) is 0 Å². The van der Waals surface area contributed by atoms with E-state index in [-0.39, 0.29) is 20.9 Å². The first-order valence-electron chi connectivity index (χ1n) is 6.69. The van der Waals surface area contributed by atoms with Crippen LogP contribution in [0.15, 0.2) is 30.3 Å².